The second-order valence-electron chi connectivity index (χ2n) is 5.06. The zero-order valence-corrected chi connectivity index (χ0v) is 12.1. The Morgan fingerprint density at radius 2 is 1.41 bits per heavy atom. The lowest BCUT2D eigenvalue weighted by Gasteiger charge is -2.04. The summed E-state index contributed by atoms with van der Waals surface area (Å²) in [5, 5.41) is 2.90. The van der Waals surface area contributed by atoms with Gasteiger partial charge in [0.05, 0.1) is 5.69 Å². The average molecular weight is 289 g/mol. The third-order valence-electron chi connectivity index (χ3n) is 3.39. The highest BCUT2D eigenvalue weighted by molar-refractivity contribution is 6.04. The van der Waals surface area contributed by atoms with E-state index in [9.17, 15) is 4.79 Å². The van der Waals surface area contributed by atoms with E-state index in [4.69, 9.17) is 0 Å². The molecule has 108 valence electrons. The molecule has 1 N–H and O–H groups in total. The van der Waals surface area contributed by atoms with Crippen LogP contribution in [0.4, 0.5) is 5.69 Å². The molecule has 1 aromatic heterocycles. The summed E-state index contributed by atoms with van der Waals surface area (Å²) in [4.78, 5) is 12.1. The van der Waals surface area contributed by atoms with E-state index in [0.717, 1.165) is 12.2 Å². The van der Waals surface area contributed by atoms with Crippen molar-refractivity contribution in [2.75, 3.05) is 5.32 Å². The number of anilines is 1. The van der Waals surface area contributed by atoms with Crippen LogP contribution in [-0.2, 0) is 6.54 Å². The van der Waals surface area contributed by atoms with Crippen LogP contribution in [-0.4, -0.2) is 5.91 Å². The van der Waals surface area contributed by atoms with E-state index in [0.29, 0.717) is 5.56 Å². The molecule has 0 fully saturated rings. The first-order valence-electron chi connectivity index (χ1n) is 7.21. The molecule has 2 aromatic carbocycles. The van der Waals surface area contributed by atoms with E-state index in [1.165, 1.54) is 5.56 Å². The third-order valence-corrected chi connectivity index (χ3v) is 3.39. The molecule has 0 radical (unpaired) electrons. The summed E-state index contributed by atoms with van der Waals surface area (Å²) in [6.07, 6.45) is 3.93. The summed E-state index contributed by atoms with van der Waals surface area (Å²) < 4.78 is 2.08. The molecule has 1 amide bonds. The molecule has 0 aliphatic carbocycles. The highest BCUT2D eigenvalue weighted by atomic mass is 16.1. The van der Waals surface area contributed by atoms with Crippen LogP contribution in [0.15, 0.2) is 85.2 Å². The fourth-order valence-corrected chi connectivity index (χ4v) is 2.23. The van der Waals surface area contributed by atoms with Crippen LogP contribution in [0.2, 0.25) is 0 Å². The summed E-state index contributed by atoms with van der Waals surface area (Å²) in [5.41, 5.74) is 2.69. The van der Waals surface area contributed by atoms with Crippen molar-refractivity contribution < 1.29 is 9.36 Å². The number of nitrogens with zero attached hydrogens (tertiary/aromatic N) is 1. The number of carbonyl (C=O) groups is 1. The Labute approximate surface area is 129 Å². The standard InChI is InChI=1S/C19H16N2O/c22-19(17-9-5-2-6-10-17)20-18-11-13-21(14-12-18)15-16-7-3-1-4-8-16/h1-14H,15H2/p+1. The van der Waals surface area contributed by atoms with Gasteiger partial charge in [0.2, 0.25) is 0 Å². The molecular weight excluding hydrogens is 272 g/mol. The van der Waals surface area contributed by atoms with Gasteiger partial charge in [-0.25, -0.2) is 4.57 Å². The van der Waals surface area contributed by atoms with Crippen molar-refractivity contribution in [3.8, 4) is 0 Å². The van der Waals surface area contributed by atoms with Gasteiger partial charge in [0, 0.05) is 23.3 Å². The lowest BCUT2D eigenvalue weighted by atomic mass is 10.2. The molecule has 0 unspecified atom stereocenters. The molecule has 0 aliphatic rings. The molecule has 0 atom stereocenters. The van der Waals surface area contributed by atoms with E-state index >= 15 is 0 Å². The van der Waals surface area contributed by atoms with Gasteiger partial charge in [0.1, 0.15) is 0 Å². The predicted molar refractivity (Wildman–Crippen MR) is 86.6 cm³/mol. The number of hydrogen-bond acceptors (Lipinski definition) is 1. The molecule has 1 heterocycles. The zero-order chi connectivity index (χ0) is 15.2. The number of rotatable bonds is 4. The Morgan fingerprint density at radius 1 is 0.818 bits per heavy atom. The smallest absolute Gasteiger partial charge is 0.255 e. The summed E-state index contributed by atoms with van der Waals surface area (Å²) in [5.74, 6) is -0.0959. The van der Waals surface area contributed by atoms with E-state index < -0.39 is 0 Å². The number of pyridine rings is 1. The number of aromatic nitrogens is 1. The maximum Gasteiger partial charge on any atom is 0.255 e. The lowest BCUT2D eigenvalue weighted by molar-refractivity contribution is -0.688. The van der Waals surface area contributed by atoms with Crippen LogP contribution >= 0.6 is 0 Å². The van der Waals surface area contributed by atoms with Gasteiger partial charge >= 0.3 is 0 Å². The summed E-state index contributed by atoms with van der Waals surface area (Å²) in [6.45, 7) is 0.813. The quantitative estimate of drug-likeness (QED) is 0.735. The maximum absolute atomic E-state index is 12.1. The number of nitrogens with one attached hydrogen (secondary N) is 1. The first kappa shape index (κ1) is 14.0. The summed E-state index contributed by atoms with van der Waals surface area (Å²) >= 11 is 0. The van der Waals surface area contributed by atoms with Gasteiger partial charge in [0.15, 0.2) is 18.9 Å². The van der Waals surface area contributed by atoms with Gasteiger partial charge < -0.3 is 5.32 Å². The molecule has 0 saturated heterocycles. The number of benzene rings is 2. The number of hydrogen-bond donors (Lipinski definition) is 1. The molecule has 3 heteroatoms. The van der Waals surface area contributed by atoms with Gasteiger partial charge in [-0.2, -0.15) is 0 Å². The van der Waals surface area contributed by atoms with Crippen LogP contribution in [0.5, 0.6) is 0 Å². The van der Waals surface area contributed by atoms with Crippen molar-refractivity contribution in [3.05, 3.63) is 96.3 Å². The third kappa shape index (κ3) is 3.58. The first-order chi connectivity index (χ1) is 10.8. The van der Waals surface area contributed by atoms with E-state index in [2.05, 4.69) is 22.0 Å². The Hall–Kier alpha value is -2.94. The second kappa shape index (κ2) is 6.68. The molecule has 0 spiro atoms. The molecule has 22 heavy (non-hydrogen) atoms. The Kier molecular flexibility index (Phi) is 4.25. The van der Waals surface area contributed by atoms with E-state index in [-0.39, 0.29) is 5.91 Å². The normalized spacial score (nSPS) is 10.2. The van der Waals surface area contributed by atoms with Gasteiger partial charge in [-0.05, 0) is 12.1 Å². The van der Waals surface area contributed by atoms with Gasteiger partial charge in [0.25, 0.3) is 5.91 Å². The molecule has 0 saturated carbocycles. The van der Waals surface area contributed by atoms with Gasteiger partial charge in [-0.3, -0.25) is 4.79 Å². The Bertz CT molecular complexity index is 737. The van der Waals surface area contributed by atoms with Crippen molar-refractivity contribution >= 4 is 11.6 Å². The molecule has 0 aliphatic heterocycles. The summed E-state index contributed by atoms with van der Waals surface area (Å²) in [6, 6.07) is 23.3. The zero-order valence-electron chi connectivity index (χ0n) is 12.1. The van der Waals surface area contributed by atoms with Crippen molar-refractivity contribution in [2.45, 2.75) is 6.54 Å². The van der Waals surface area contributed by atoms with Crippen LogP contribution in [0, 0.1) is 0 Å². The highest BCUT2D eigenvalue weighted by Gasteiger charge is 2.07. The minimum absolute atomic E-state index is 0.0959. The number of carbonyl (C=O) groups excluding carboxylic acids is 1. The minimum Gasteiger partial charge on any atom is -0.322 e. The van der Waals surface area contributed by atoms with Crippen LogP contribution in [0.1, 0.15) is 15.9 Å². The highest BCUT2D eigenvalue weighted by Crippen LogP contribution is 2.07. The van der Waals surface area contributed by atoms with Crippen molar-refractivity contribution in [2.24, 2.45) is 0 Å². The monoisotopic (exact) mass is 289 g/mol. The summed E-state index contributed by atoms with van der Waals surface area (Å²) in [7, 11) is 0. The second-order valence-corrected chi connectivity index (χ2v) is 5.06. The van der Waals surface area contributed by atoms with E-state index in [1.807, 2.05) is 60.9 Å². The lowest BCUT2D eigenvalue weighted by Crippen LogP contribution is -2.33. The van der Waals surface area contributed by atoms with Crippen molar-refractivity contribution in [1.82, 2.24) is 0 Å². The number of amides is 1. The predicted octanol–water partition coefficient (Wildman–Crippen LogP) is 3.27. The first-order valence-corrected chi connectivity index (χ1v) is 7.21. The van der Waals surface area contributed by atoms with E-state index in [1.54, 1.807) is 12.1 Å². The SMILES string of the molecule is O=C(Nc1cc[n+](Cc2ccccc2)cc1)c1ccccc1. The fourth-order valence-electron chi connectivity index (χ4n) is 2.23. The van der Waals surface area contributed by atoms with Crippen molar-refractivity contribution in [1.29, 1.82) is 0 Å². The molecule has 3 rings (SSSR count). The maximum atomic E-state index is 12.1. The topological polar surface area (TPSA) is 33.0 Å². The average Bonchev–Trinajstić information content (AvgIpc) is 2.58. The molecule has 3 nitrogen and oxygen atoms in total. The van der Waals surface area contributed by atoms with Crippen molar-refractivity contribution in [3.63, 3.8) is 0 Å². The molecular formula is C19H17N2O+. The van der Waals surface area contributed by atoms with Gasteiger partial charge in [-0.15, -0.1) is 0 Å². The molecule has 3 aromatic rings. The minimum atomic E-state index is -0.0959. The molecule has 0 bridgehead atoms. The van der Waals surface area contributed by atoms with Gasteiger partial charge in [-0.1, -0.05) is 48.5 Å². The Morgan fingerprint density at radius 3 is 2.05 bits per heavy atom. The largest absolute Gasteiger partial charge is 0.322 e. The fraction of sp³-hybridized carbons (Fsp3) is 0.0526. The Balaban J connectivity index is 1.66. The van der Waals surface area contributed by atoms with Crippen LogP contribution in [0.25, 0.3) is 0 Å². The van der Waals surface area contributed by atoms with Crippen LogP contribution in [0.3, 0.4) is 0 Å². The van der Waals surface area contributed by atoms with Crippen LogP contribution < -0.4 is 9.88 Å².